The predicted molar refractivity (Wildman–Crippen MR) is 78.2 cm³/mol. The average molecular weight is 332 g/mol. The number of hydrogen-bond acceptors (Lipinski definition) is 4. The second kappa shape index (κ2) is 6.17. The van der Waals surface area contributed by atoms with Crippen LogP contribution in [0.1, 0.15) is 29.6 Å². The minimum atomic E-state index is -1.30. The molecular weight excluding hydrogens is 317 g/mol. The summed E-state index contributed by atoms with van der Waals surface area (Å²) in [7, 11) is 0. The van der Waals surface area contributed by atoms with Gasteiger partial charge in [-0.15, -0.1) is 0 Å². The zero-order valence-corrected chi connectivity index (χ0v) is 12.7. The summed E-state index contributed by atoms with van der Waals surface area (Å²) in [6, 6.07) is 0. The van der Waals surface area contributed by atoms with Crippen LogP contribution in [0, 0.1) is 0 Å². The monoisotopic (exact) mass is 331 g/mol. The molecule has 2 amide bonds. The number of carbonyl (C=O) groups is 2. The lowest BCUT2D eigenvalue weighted by atomic mass is 9.89. The van der Waals surface area contributed by atoms with Gasteiger partial charge in [0.05, 0.1) is 34.2 Å². The molecule has 1 atom stereocenters. The van der Waals surface area contributed by atoms with Crippen LogP contribution in [0.3, 0.4) is 0 Å². The molecule has 1 aromatic heterocycles. The van der Waals surface area contributed by atoms with Crippen molar-refractivity contribution in [3.05, 3.63) is 28.0 Å². The van der Waals surface area contributed by atoms with Crippen molar-refractivity contribution in [3.8, 4) is 0 Å². The van der Waals surface area contributed by atoms with Gasteiger partial charge in [-0.1, -0.05) is 23.2 Å². The smallest absolute Gasteiger partial charge is 0.257 e. The number of likely N-dealkylation sites (tertiary alicyclic amines) is 1. The van der Waals surface area contributed by atoms with Crippen LogP contribution >= 0.6 is 23.2 Å². The highest BCUT2D eigenvalue weighted by Crippen LogP contribution is 2.29. The summed E-state index contributed by atoms with van der Waals surface area (Å²) in [6.45, 7) is 0.471. The fraction of sp³-hybridized carbons (Fsp3) is 0.462. The minimum absolute atomic E-state index is 0.0176. The molecule has 6 nitrogen and oxygen atoms in total. The first-order valence-corrected chi connectivity index (χ1v) is 7.17. The van der Waals surface area contributed by atoms with Crippen molar-refractivity contribution in [2.75, 3.05) is 13.1 Å². The Morgan fingerprint density at radius 2 is 2.00 bits per heavy atom. The molecule has 0 aromatic carbocycles. The summed E-state index contributed by atoms with van der Waals surface area (Å²) in [6.07, 6.45) is 3.46. The van der Waals surface area contributed by atoms with Crippen molar-refractivity contribution < 1.29 is 14.7 Å². The first-order chi connectivity index (χ1) is 9.82. The van der Waals surface area contributed by atoms with Gasteiger partial charge in [-0.05, 0) is 12.8 Å². The summed E-state index contributed by atoms with van der Waals surface area (Å²) < 4.78 is 0. The van der Waals surface area contributed by atoms with Crippen LogP contribution < -0.4 is 5.73 Å². The third kappa shape index (κ3) is 3.64. The molecule has 3 N–H and O–H groups in total. The predicted octanol–water partition coefficient (Wildman–Crippen LogP) is 1.23. The highest BCUT2D eigenvalue weighted by Gasteiger charge is 2.37. The number of primary amides is 1. The van der Waals surface area contributed by atoms with Gasteiger partial charge in [-0.2, -0.15) is 0 Å². The molecule has 1 saturated heterocycles. The lowest BCUT2D eigenvalue weighted by molar-refractivity contribution is -0.125. The normalized spacial score (nSPS) is 22.1. The molecule has 0 saturated carbocycles. The third-order valence-electron chi connectivity index (χ3n) is 3.41. The second-order valence-corrected chi connectivity index (χ2v) is 5.99. The fourth-order valence-electron chi connectivity index (χ4n) is 2.53. The lowest BCUT2D eigenvalue weighted by Crippen LogP contribution is -2.52. The van der Waals surface area contributed by atoms with E-state index in [0.29, 0.717) is 19.4 Å². The van der Waals surface area contributed by atoms with Gasteiger partial charge in [0, 0.05) is 18.9 Å². The molecule has 8 heteroatoms. The Morgan fingerprint density at radius 3 is 2.57 bits per heavy atom. The molecule has 21 heavy (non-hydrogen) atoms. The van der Waals surface area contributed by atoms with Crippen LogP contribution in [0.2, 0.25) is 10.0 Å². The Bertz CT molecular complexity index is 562. The minimum Gasteiger partial charge on any atom is -0.388 e. The molecule has 0 radical (unpaired) electrons. The Hall–Kier alpha value is -1.37. The van der Waals surface area contributed by atoms with Crippen LogP contribution in [0.4, 0.5) is 0 Å². The average Bonchev–Trinajstić information content (AvgIpc) is 2.36. The number of β-amino-alcohol motifs (C(OH)–C–C–N with tert-alkyl or cyclic N) is 1. The Morgan fingerprint density at radius 1 is 1.38 bits per heavy atom. The first kappa shape index (κ1) is 16.0. The number of carbonyl (C=O) groups excluding carboxylic acids is 2. The molecule has 1 fully saturated rings. The summed E-state index contributed by atoms with van der Waals surface area (Å²) in [5, 5.41) is 10.7. The molecule has 1 aliphatic heterocycles. The van der Waals surface area contributed by atoms with Crippen LogP contribution in [0.5, 0.6) is 0 Å². The summed E-state index contributed by atoms with van der Waals surface area (Å²) in [4.78, 5) is 28.8. The number of nitrogens with two attached hydrogens (primary N) is 1. The van der Waals surface area contributed by atoms with Gasteiger partial charge in [0.2, 0.25) is 5.91 Å². The molecule has 114 valence electrons. The van der Waals surface area contributed by atoms with Gasteiger partial charge in [-0.25, -0.2) is 0 Å². The van der Waals surface area contributed by atoms with E-state index in [0.717, 1.165) is 0 Å². The van der Waals surface area contributed by atoms with E-state index in [-0.39, 0.29) is 28.6 Å². The SMILES string of the molecule is NC(=O)CC1(O)CCCN(C(=O)c2c(Cl)cncc2Cl)C1. The van der Waals surface area contributed by atoms with Gasteiger partial charge < -0.3 is 15.7 Å². The number of amides is 2. The van der Waals surface area contributed by atoms with Crippen molar-refractivity contribution in [3.63, 3.8) is 0 Å². The van der Waals surface area contributed by atoms with E-state index in [2.05, 4.69) is 4.98 Å². The zero-order valence-electron chi connectivity index (χ0n) is 11.2. The Balaban J connectivity index is 2.22. The molecule has 2 rings (SSSR count). The van der Waals surface area contributed by atoms with E-state index in [9.17, 15) is 14.7 Å². The molecule has 0 spiro atoms. The van der Waals surface area contributed by atoms with Gasteiger partial charge in [-0.3, -0.25) is 14.6 Å². The van der Waals surface area contributed by atoms with E-state index < -0.39 is 17.4 Å². The molecule has 0 aliphatic carbocycles. The highest BCUT2D eigenvalue weighted by atomic mass is 35.5. The van der Waals surface area contributed by atoms with Crippen molar-refractivity contribution in [2.45, 2.75) is 24.9 Å². The molecule has 1 aliphatic rings. The largest absolute Gasteiger partial charge is 0.388 e. The summed E-state index contributed by atoms with van der Waals surface area (Å²) in [5.74, 6) is -0.998. The van der Waals surface area contributed by atoms with Gasteiger partial charge in [0.1, 0.15) is 0 Å². The zero-order chi connectivity index (χ0) is 15.6. The maximum Gasteiger partial charge on any atom is 0.257 e. The molecular formula is C13H15Cl2N3O3. The van der Waals surface area contributed by atoms with Crippen LogP contribution in [-0.4, -0.2) is 45.5 Å². The molecule has 1 aromatic rings. The number of aliphatic hydroxyl groups is 1. The standard InChI is InChI=1S/C13H15Cl2N3O3/c14-8-5-17-6-9(15)11(8)12(20)18-3-1-2-13(21,7-18)4-10(16)19/h5-6,21H,1-4,7H2,(H2,16,19). The lowest BCUT2D eigenvalue weighted by Gasteiger charge is -2.38. The Labute approximate surface area is 131 Å². The quantitative estimate of drug-likeness (QED) is 0.870. The second-order valence-electron chi connectivity index (χ2n) is 5.18. The van der Waals surface area contributed by atoms with Crippen LogP contribution in [-0.2, 0) is 4.79 Å². The third-order valence-corrected chi connectivity index (χ3v) is 3.99. The summed E-state index contributed by atoms with van der Waals surface area (Å²) >= 11 is 11.9. The van der Waals surface area contributed by atoms with E-state index in [1.54, 1.807) is 0 Å². The van der Waals surface area contributed by atoms with Crippen molar-refractivity contribution in [1.82, 2.24) is 9.88 Å². The number of halogens is 2. The number of pyridine rings is 1. The Kier molecular flexibility index (Phi) is 4.70. The number of nitrogens with zero attached hydrogens (tertiary/aromatic N) is 2. The van der Waals surface area contributed by atoms with Crippen molar-refractivity contribution >= 4 is 35.0 Å². The number of hydrogen-bond donors (Lipinski definition) is 2. The van der Waals surface area contributed by atoms with E-state index >= 15 is 0 Å². The van der Waals surface area contributed by atoms with Gasteiger partial charge >= 0.3 is 0 Å². The van der Waals surface area contributed by atoms with Crippen molar-refractivity contribution in [1.29, 1.82) is 0 Å². The van der Waals surface area contributed by atoms with Crippen LogP contribution in [0.25, 0.3) is 0 Å². The number of aromatic nitrogens is 1. The summed E-state index contributed by atoms with van der Waals surface area (Å²) in [5.41, 5.74) is 3.99. The maximum absolute atomic E-state index is 12.5. The van der Waals surface area contributed by atoms with E-state index in [1.165, 1.54) is 17.3 Å². The molecule has 1 unspecified atom stereocenters. The number of piperidine rings is 1. The molecule has 2 heterocycles. The fourth-order valence-corrected chi connectivity index (χ4v) is 3.05. The molecule has 0 bridgehead atoms. The highest BCUT2D eigenvalue weighted by molar-refractivity contribution is 6.39. The van der Waals surface area contributed by atoms with Gasteiger partial charge in [0.15, 0.2) is 0 Å². The number of rotatable bonds is 3. The first-order valence-electron chi connectivity index (χ1n) is 6.41. The van der Waals surface area contributed by atoms with Gasteiger partial charge in [0.25, 0.3) is 5.91 Å². The van der Waals surface area contributed by atoms with Crippen LogP contribution in [0.15, 0.2) is 12.4 Å². The topological polar surface area (TPSA) is 96.5 Å². The maximum atomic E-state index is 12.5. The van der Waals surface area contributed by atoms with E-state index in [4.69, 9.17) is 28.9 Å². The van der Waals surface area contributed by atoms with Crippen molar-refractivity contribution in [2.24, 2.45) is 5.73 Å². The van der Waals surface area contributed by atoms with E-state index in [1.807, 2.05) is 0 Å².